The summed E-state index contributed by atoms with van der Waals surface area (Å²) in [4.78, 5) is 6.16. The number of nitrogens with zero attached hydrogens (tertiary/aromatic N) is 1. The molecule has 0 unspecified atom stereocenters. The largest absolute Gasteiger partial charge is 0.284 e. The van der Waals surface area contributed by atoms with Gasteiger partial charge in [-0.15, -0.1) is 34.0 Å². The molecule has 4 heteroatoms. The highest BCUT2D eigenvalue weighted by Gasteiger charge is 2.20. The molecule has 0 aliphatic heterocycles. The zero-order valence-electron chi connectivity index (χ0n) is 31.7. The lowest BCUT2D eigenvalue weighted by molar-refractivity contribution is 1.40. The van der Waals surface area contributed by atoms with Gasteiger partial charge in [0.2, 0.25) is 0 Å². The number of hydrogen-bond acceptors (Lipinski definition) is 4. The summed E-state index contributed by atoms with van der Waals surface area (Å²) in [7, 11) is 0. The summed E-state index contributed by atoms with van der Waals surface area (Å²) >= 11 is 5.48. The molecular formula is C54H39NS3. The van der Waals surface area contributed by atoms with Gasteiger partial charge in [-0.05, 0) is 86.5 Å². The van der Waals surface area contributed by atoms with Gasteiger partial charge in [0.15, 0.2) is 0 Å². The third-order valence-corrected chi connectivity index (χ3v) is 13.2. The van der Waals surface area contributed by atoms with Gasteiger partial charge < -0.3 is 0 Å². The molecule has 3 heterocycles. The second-order valence-corrected chi connectivity index (χ2v) is 17.0. The van der Waals surface area contributed by atoms with Crippen LogP contribution in [0.2, 0.25) is 0 Å². The molecular weight excluding hydrogens is 759 g/mol. The lowest BCUT2D eigenvalue weighted by Gasteiger charge is -2.19. The fraction of sp³-hybridized carbons (Fsp3) is 0. The highest BCUT2D eigenvalue weighted by Crippen LogP contribution is 2.48. The SMILES string of the molecule is C(=Cc1ccc(-c2ccc(N(c3ccc(-c4ccc(C=Cc5ccccc5)cc4)s3)c3ccc(-c4ccc(C=Cc5ccccc5)cc4)s3)s2)cc1)c1ccccc1. The Labute approximate surface area is 353 Å². The molecule has 0 amide bonds. The summed E-state index contributed by atoms with van der Waals surface area (Å²) in [6.07, 6.45) is 13.0. The van der Waals surface area contributed by atoms with Crippen molar-refractivity contribution in [2.75, 3.05) is 4.90 Å². The molecule has 278 valence electrons. The van der Waals surface area contributed by atoms with Crippen LogP contribution in [0.5, 0.6) is 0 Å². The van der Waals surface area contributed by atoms with E-state index in [4.69, 9.17) is 0 Å². The molecule has 0 atom stereocenters. The highest BCUT2D eigenvalue weighted by atomic mass is 32.1. The molecule has 0 saturated carbocycles. The maximum Gasteiger partial charge on any atom is 0.102 e. The number of rotatable bonds is 12. The van der Waals surface area contributed by atoms with Crippen molar-refractivity contribution >= 4 is 85.5 Å². The van der Waals surface area contributed by atoms with Gasteiger partial charge in [-0.1, -0.05) is 200 Å². The molecule has 0 radical (unpaired) electrons. The molecule has 0 fully saturated rings. The van der Waals surface area contributed by atoms with Crippen LogP contribution in [0.4, 0.5) is 15.0 Å². The Kier molecular flexibility index (Phi) is 11.3. The summed E-state index contributed by atoms with van der Waals surface area (Å²) < 4.78 is 0. The van der Waals surface area contributed by atoms with Crippen molar-refractivity contribution in [2.45, 2.75) is 0 Å². The van der Waals surface area contributed by atoms with E-state index in [1.807, 2.05) is 52.2 Å². The highest BCUT2D eigenvalue weighted by molar-refractivity contribution is 7.23. The summed E-state index contributed by atoms with van der Waals surface area (Å²) in [5.41, 5.74) is 10.8. The molecule has 58 heavy (non-hydrogen) atoms. The monoisotopic (exact) mass is 797 g/mol. The molecule has 0 aliphatic rings. The van der Waals surface area contributed by atoms with Gasteiger partial charge in [0, 0.05) is 14.6 Å². The van der Waals surface area contributed by atoms with Gasteiger partial charge >= 0.3 is 0 Å². The van der Waals surface area contributed by atoms with E-state index >= 15 is 0 Å². The molecule has 0 N–H and O–H groups in total. The molecule has 0 saturated heterocycles. The molecule has 9 rings (SSSR count). The lowest BCUT2D eigenvalue weighted by atomic mass is 10.1. The van der Waals surface area contributed by atoms with Crippen LogP contribution < -0.4 is 4.90 Å². The van der Waals surface area contributed by atoms with E-state index in [0.29, 0.717) is 0 Å². The first-order valence-electron chi connectivity index (χ1n) is 19.3. The van der Waals surface area contributed by atoms with E-state index in [9.17, 15) is 0 Å². The van der Waals surface area contributed by atoms with E-state index in [1.165, 1.54) is 79.7 Å². The van der Waals surface area contributed by atoms with Gasteiger partial charge in [-0.3, -0.25) is 4.90 Å². The summed E-state index contributed by atoms with van der Waals surface area (Å²) in [5, 5.41) is 3.56. The molecule has 6 aromatic carbocycles. The van der Waals surface area contributed by atoms with Gasteiger partial charge in [0.25, 0.3) is 0 Å². The zero-order chi connectivity index (χ0) is 38.9. The molecule has 0 spiro atoms. The minimum atomic E-state index is 1.18. The average Bonchev–Trinajstić information content (AvgIpc) is 4.10. The predicted molar refractivity (Wildman–Crippen MR) is 257 cm³/mol. The van der Waals surface area contributed by atoms with E-state index in [2.05, 4.69) is 223 Å². The van der Waals surface area contributed by atoms with E-state index in [0.717, 1.165) is 0 Å². The Balaban J connectivity index is 0.992. The molecule has 1 nitrogen and oxygen atoms in total. The predicted octanol–water partition coefficient (Wildman–Crippen LogP) is 16.9. The van der Waals surface area contributed by atoms with Crippen LogP contribution in [0.15, 0.2) is 200 Å². The Morgan fingerprint density at radius 2 is 0.483 bits per heavy atom. The van der Waals surface area contributed by atoms with Gasteiger partial charge in [0.1, 0.15) is 15.0 Å². The minimum Gasteiger partial charge on any atom is -0.284 e. The third-order valence-electron chi connectivity index (χ3n) is 9.83. The van der Waals surface area contributed by atoms with E-state index < -0.39 is 0 Å². The van der Waals surface area contributed by atoms with Crippen molar-refractivity contribution < 1.29 is 0 Å². The van der Waals surface area contributed by atoms with Crippen LogP contribution >= 0.6 is 34.0 Å². The number of benzene rings is 6. The van der Waals surface area contributed by atoms with Crippen molar-refractivity contribution in [3.8, 4) is 31.3 Å². The third kappa shape index (κ3) is 9.01. The summed E-state index contributed by atoms with van der Waals surface area (Å²) in [5.74, 6) is 0. The Bertz CT molecular complexity index is 2470. The van der Waals surface area contributed by atoms with Crippen molar-refractivity contribution in [1.29, 1.82) is 0 Å². The first kappa shape index (κ1) is 37.0. The van der Waals surface area contributed by atoms with Crippen molar-refractivity contribution in [1.82, 2.24) is 0 Å². The van der Waals surface area contributed by atoms with Crippen LogP contribution in [-0.2, 0) is 0 Å². The molecule has 3 aromatic heterocycles. The van der Waals surface area contributed by atoms with Gasteiger partial charge in [0.05, 0.1) is 0 Å². The maximum atomic E-state index is 2.43. The smallest absolute Gasteiger partial charge is 0.102 e. The Morgan fingerprint density at radius 3 is 0.741 bits per heavy atom. The zero-order valence-corrected chi connectivity index (χ0v) is 34.1. The van der Waals surface area contributed by atoms with Gasteiger partial charge in [-0.2, -0.15) is 0 Å². The second kappa shape index (κ2) is 17.7. The van der Waals surface area contributed by atoms with Crippen molar-refractivity contribution in [3.63, 3.8) is 0 Å². The minimum absolute atomic E-state index is 1.18. The number of hydrogen-bond donors (Lipinski definition) is 0. The van der Waals surface area contributed by atoms with E-state index in [-0.39, 0.29) is 0 Å². The first-order valence-corrected chi connectivity index (χ1v) is 21.8. The Morgan fingerprint density at radius 1 is 0.241 bits per heavy atom. The average molecular weight is 798 g/mol. The summed E-state index contributed by atoms with van der Waals surface area (Å²) in [6, 6.07) is 71.5. The van der Waals surface area contributed by atoms with Crippen LogP contribution in [0, 0.1) is 0 Å². The lowest BCUT2D eigenvalue weighted by Crippen LogP contribution is -2.04. The second-order valence-electron chi connectivity index (χ2n) is 13.8. The first-order chi connectivity index (χ1) is 28.7. The quantitative estimate of drug-likeness (QED) is 0.111. The normalized spacial score (nSPS) is 11.6. The molecule has 0 aliphatic carbocycles. The maximum absolute atomic E-state index is 2.43. The molecule has 9 aromatic rings. The fourth-order valence-corrected chi connectivity index (χ4v) is 9.97. The van der Waals surface area contributed by atoms with Crippen molar-refractivity contribution in [2.24, 2.45) is 0 Å². The van der Waals surface area contributed by atoms with E-state index in [1.54, 1.807) is 0 Å². The van der Waals surface area contributed by atoms with Crippen LogP contribution in [0.3, 0.4) is 0 Å². The van der Waals surface area contributed by atoms with Crippen LogP contribution in [0.1, 0.15) is 33.4 Å². The topological polar surface area (TPSA) is 3.24 Å². The molecule has 0 bridgehead atoms. The van der Waals surface area contributed by atoms with Crippen LogP contribution in [-0.4, -0.2) is 0 Å². The van der Waals surface area contributed by atoms with Gasteiger partial charge in [-0.25, -0.2) is 0 Å². The van der Waals surface area contributed by atoms with Crippen LogP contribution in [0.25, 0.3) is 67.8 Å². The fourth-order valence-electron chi connectivity index (χ4n) is 6.68. The Hall–Kier alpha value is -6.56. The number of anilines is 3. The van der Waals surface area contributed by atoms with Crippen molar-refractivity contribution in [3.05, 3.63) is 234 Å². The standard InChI is InChI=1S/C54H39NS3/c1-4-10-40(11-5-1)16-19-43-22-28-46(29-23-43)49-34-37-52(56-49)55(53-38-35-50(57-53)47-30-24-44(25-31-47)20-17-41-12-6-2-7-13-41)54-39-36-51(58-54)48-32-26-45(27-33-48)21-18-42-14-8-3-9-15-42/h1-39H. The summed E-state index contributed by atoms with van der Waals surface area (Å²) in [6.45, 7) is 0. The number of thiophene rings is 3.